The van der Waals surface area contributed by atoms with Crippen LogP contribution in [0.5, 0.6) is 5.75 Å². The van der Waals surface area contributed by atoms with Crippen molar-refractivity contribution in [3.05, 3.63) is 95.5 Å². The van der Waals surface area contributed by atoms with Crippen molar-refractivity contribution in [2.75, 3.05) is 5.43 Å². The molecule has 0 aliphatic carbocycles. The summed E-state index contributed by atoms with van der Waals surface area (Å²) in [6, 6.07) is 26.0. The Morgan fingerprint density at radius 1 is 0.828 bits per heavy atom. The minimum absolute atomic E-state index is 0.207. The molecule has 0 radical (unpaired) electrons. The van der Waals surface area contributed by atoms with E-state index < -0.39 is 0 Å². The Morgan fingerprint density at radius 3 is 2.28 bits per heavy atom. The van der Waals surface area contributed by atoms with Gasteiger partial charge in [0.1, 0.15) is 5.75 Å². The Balaban J connectivity index is 1.70. The molecule has 2 N–H and O–H groups in total. The Morgan fingerprint density at radius 2 is 1.52 bits per heavy atom. The number of hydrogen-bond acceptors (Lipinski definition) is 5. The smallest absolute Gasteiger partial charge is 0.244 e. The van der Waals surface area contributed by atoms with Crippen LogP contribution in [-0.4, -0.2) is 21.3 Å². The molecule has 1 aromatic heterocycles. The summed E-state index contributed by atoms with van der Waals surface area (Å²) in [4.78, 5) is 9.16. The monoisotopic (exact) mass is 400 g/mol. The van der Waals surface area contributed by atoms with Crippen LogP contribution in [0.15, 0.2) is 90.0 Å². The SMILES string of the molecule is Oc1ccc(/C=N/Nc2nc(-c3ccccc3)cc(-c3ccccc3Cl)n2)cc1. The maximum atomic E-state index is 9.37. The predicted molar refractivity (Wildman–Crippen MR) is 117 cm³/mol. The molecule has 0 amide bonds. The summed E-state index contributed by atoms with van der Waals surface area (Å²) in [5, 5.41) is 14.2. The Bertz CT molecular complexity index is 1150. The molecular formula is C23H17ClN4O. The number of phenols is 1. The van der Waals surface area contributed by atoms with Gasteiger partial charge in [0, 0.05) is 16.1 Å². The summed E-state index contributed by atoms with van der Waals surface area (Å²) < 4.78 is 0. The number of phenolic OH excluding ortho intramolecular Hbond substituents is 1. The third-order valence-corrected chi connectivity index (χ3v) is 4.55. The van der Waals surface area contributed by atoms with Gasteiger partial charge in [0.25, 0.3) is 0 Å². The molecule has 6 heteroatoms. The molecule has 4 rings (SSSR count). The van der Waals surface area contributed by atoms with E-state index in [0.717, 1.165) is 22.4 Å². The highest BCUT2D eigenvalue weighted by atomic mass is 35.5. The number of aromatic nitrogens is 2. The molecule has 0 bridgehead atoms. The van der Waals surface area contributed by atoms with Crippen molar-refractivity contribution >= 4 is 23.8 Å². The number of nitrogens with zero attached hydrogens (tertiary/aromatic N) is 3. The van der Waals surface area contributed by atoms with Crippen LogP contribution in [0.4, 0.5) is 5.95 Å². The first-order chi connectivity index (χ1) is 14.2. The topological polar surface area (TPSA) is 70.4 Å². The number of halogens is 1. The fourth-order valence-corrected chi connectivity index (χ4v) is 3.02. The first kappa shape index (κ1) is 18.7. The zero-order chi connectivity index (χ0) is 20.1. The van der Waals surface area contributed by atoms with Crippen molar-refractivity contribution in [1.82, 2.24) is 9.97 Å². The number of hydrazone groups is 1. The molecule has 0 atom stereocenters. The van der Waals surface area contributed by atoms with E-state index in [1.54, 1.807) is 30.5 Å². The van der Waals surface area contributed by atoms with Gasteiger partial charge in [-0.3, -0.25) is 0 Å². The van der Waals surface area contributed by atoms with Crippen LogP contribution in [0.3, 0.4) is 0 Å². The van der Waals surface area contributed by atoms with Crippen molar-refractivity contribution < 1.29 is 5.11 Å². The molecule has 29 heavy (non-hydrogen) atoms. The van der Waals surface area contributed by atoms with E-state index in [0.29, 0.717) is 16.7 Å². The second kappa shape index (κ2) is 8.54. The molecular weight excluding hydrogens is 384 g/mol. The van der Waals surface area contributed by atoms with E-state index in [1.165, 1.54) is 0 Å². The van der Waals surface area contributed by atoms with Gasteiger partial charge in [-0.2, -0.15) is 5.10 Å². The Labute approximate surface area is 173 Å². The second-order valence-electron chi connectivity index (χ2n) is 6.27. The van der Waals surface area contributed by atoms with Gasteiger partial charge in [0.2, 0.25) is 5.95 Å². The lowest BCUT2D eigenvalue weighted by molar-refractivity contribution is 0.475. The third-order valence-electron chi connectivity index (χ3n) is 4.22. The van der Waals surface area contributed by atoms with Gasteiger partial charge in [-0.25, -0.2) is 15.4 Å². The van der Waals surface area contributed by atoms with Crippen LogP contribution in [-0.2, 0) is 0 Å². The summed E-state index contributed by atoms with van der Waals surface area (Å²) >= 11 is 6.38. The maximum absolute atomic E-state index is 9.37. The summed E-state index contributed by atoms with van der Waals surface area (Å²) in [5.74, 6) is 0.565. The molecule has 0 saturated heterocycles. The number of anilines is 1. The predicted octanol–water partition coefficient (Wildman–Crippen LogP) is 5.62. The standard InChI is InChI=1S/C23H17ClN4O/c24-20-9-5-4-8-19(20)22-14-21(17-6-2-1-3-7-17)26-23(27-22)28-25-15-16-10-12-18(29)13-11-16/h1-15,29H,(H,26,27,28)/b25-15+. The van der Waals surface area contributed by atoms with E-state index in [1.807, 2.05) is 60.7 Å². The molecule has 5 nitrogen and oxygen atoms in total. The molecule has 0 aliphatic rings. The fraction of sp³-hybridized carbons (Fsp3) is 0. The van der Waals surface area contributed by atoms with Crippen LogP contribution < -0.4 is 5.43 Å². The van der Waals surface area contributed by atoms with Crippen LogP contribution in [0.1, 0.15) is 5.56 Å². The third kappa shape index (κ3) is 4.59. The van der Waals surface area contributed by atoms with Gasteiger partial charge in [-0.1, -0.05) is 60.1 Å². The molecule has 0 unspecified atom stereocenters. The zero-order valence-electron chi connectivity index (χ0n) is 15.3. The van der Waals surface area contributed by atoms with Crippen LogP contribution in [0.2, 0.25) is 5.02 Å². The number of aromatic hydroxyl groups is 1. The summed E-state index contributed by atoms with van der Waals surface area (Å²) in [5.41, 5.74) is 6.97. The van der Waals surface area contributed by atoms with E-state index in [9.17, 15) is 5.11 Å². The molecule has 4 aromatic rings. The van der Waals surface area contributed by atoms with Crippen molar-refractivity contribution in [2.45, 2.75) is 0 Å². The average Bonchev–Trinajstić information content (AvgIpc) is 2.76. The number of nitrogens with one attached hydrogen (secondary N) is 1. The highest BCUT2D eigenvalue weighted by molar-refractivity contribution is 6.33. The van der Waals surface area contributed by atoms with Crippen LogP contribution in [0.25, 0.3) is 22.5 Å². The summed E-state index contributed by atoms with van der Waals surface area (Å²) in [6.07, 6.45) is 1.63. The van der Waals surface area contributed by atoms with Gasteiger partial charge in [-0.05, 0) is 42.0 Å². The van der Waals surface area contributed by atoms with Crippen molar-refractivity contribution in [3.63, 3.8) is 0 Å². The largest absolute Gasteiger partial charge is 0.508 e. The van der Waals surface area contributed by atoms with Gasteiger partial charge in [0.05, 0.1) is 17.6 Å². The first-order valence-corrected chi connectivity index (χ1v) is 9.34. The fourth-order valence-electron chi connectivity index (χ4n) is 2.79. The lowest BCUT2D eigenvalue weighted by atomic mass is 10.1. The summed E-state index contributed by atoms with van der Waals surface area (Å²) in [6.45, 7) is 0. The van der Waals surface area contributed by atoms with Crippen molar-refractivity contribution in [2.24, 2.45) is 5.10 Å². The zero-order valence-corrected chi connectivity index (χ0v) is 16.1. The van der Waals surface area contributed by atoms with Crippen LogP contribution >= 0.6 is 11.6 Å². The lowest BCUT2D eigenvalue weighted by Gasteiger charge is -2.09. The molecule has 1 heterocycles. The molecule has 0 spiro atoms. The molecule has 0 aliphatic heterocycles. The van der Waals surface area contributed by atoms with Gasteiger partial charge in [0.15, 0.2) is 0 Å². The number of hydrogen-bond donors (Lipinski definition) is 2. The molecule has 0 fully saturated rings. The minimum Gasteiger partial charge on any atom is -0.508 e. The highest BCUT2D eigenvalue weighted by Crippen LogP contribution is 2.29. The minimum atomic E-state index is 0.207. The Hall–Kier alpha value is -3.70. The maximum Gasteiger partial charge on any atom is 0.244 e. The Kier molecular flexibility index (Phi) is 5.49. The van der Waals surface area contributed by atoms with Crippen molar-refractivity contribution in [3.8, 4) is 28.3 Å². The quantitative estimate of drug-likeness (QED) is 0.337. The molecule has 0 saturated carbocycles. The lowest BCUT2D eigenvalue weighted by Crippen LogP contribution is -2.00. The van der Waals surface area contributed by atoms with E-state index >= 15 is 0 Å². The highest BCUT2D eigenvalue weighted by Gasteiger charge is 2.10. The number of rotatable bonds is 5. The van der Waals surface area contributed by atoms with E-state index in [4.69, 9.17) is 11.6 Å². The molecule has 142 valence electrons. The second-order valence-corrected chi connectivity index (χ2v) is 6.68. The average molecular weight is 401 g/mol. The van der Waals surface area contributed by atoms with Crippen LogP contribution in [0, 0.1) is 0 Å². The normalized spacial score (nSPS) is 10.9. The molecule has 3 aromatic carbocycles. The van der Waals surface area contributed by atoms with Gasteiger partial charge >= 0.3 is 0 Å². The van der Waals surface area contributed by atoms with Gasteiger partial charge < -0.3 is 5.11 Å². The first-order valence-electron chi connectivity index (χ1n) is 8.96. The van der Waals surface area contributed by atoms with E-state index in [2.05, 4.69) is 20.5 Å². The number of benzene rings is 3. The van der Waals surface area contributed by atoms with Gasteiger partial charge in [-0.15, -0.1) is 0 Å². The summed E-state index contributed by atoms with van der Waals surface area (Å²) in [7, 11) is 0. The van der Waals surface area contributed by atoms with E-state index in [-0.39, 0.29) is 5.75 Å². The van der Waals surface area contributed by atoms with Crippen molar-refractivity contribution in [1.29, 1.82) is 0 Å².